The molecule has 76 valence electrons. The van der Waals surface area contributed by atoms with Crippen LogP contribution in [0, 0.1) is 11.6 Å². The van der Waals surface area contributed by atoms with E-state index < -0.39 is 11.6 Å². The summed E-state index contributed by atoms with van der Waals surface area (Å²) < 4.78 is 25.6. The third-order valence-electron chi connectivity index (χ3n) is 2.63. The van der Waals surface area contributed by atoms with Gasteiger partial charge in [0.2, 0.25) is 0 Å². The maximum atomic E-state index is 12.9. The topological polar surface area (TPSA) is 38.0 Å². The van der Waals surface area contributed by atoms with Crippen LogP contribution in [0.1, 0.15) is 11.5 Å². The van der Waals surface area contributed by atoms with Crippen molar-refractivity contribution in [2.45, 2.75) is 12.0 Å². The van der Waals surface area contributed by atoms with Crippen LogP contribution in [-0.2, 0) is 0 Å². The number of nitrogens with one attached hydrogen (secondary N) is 1. The standard InChI is InChI=1S/C10H12F2N2/c11-8-2-1-6(3-9(8)12)7-4-14-5-10(7)13/h1-3,7,10,14H,4-5,13H2/t7-,10+/m0/s1. The van der Waals surface area contributed by atoms with Crippen LogP contribution >= 0.6 is 0 Å². The summed E-state index contributed by atoms with van der Waals surface area (Å²) in [5.74, 6) is -1.53. The largest absolute Gasteiger partial charge is 0.326 e. The highest BCUT2D eigenvalue weighted by Gasteiger charge is 2.25. The van der Waals surface area contributed by atoms with Crippen molar-refractivity contribution < 1.29 is 8.78 Å². The molecule has 1 aliphatic heterocycles. The lowest BCUT2D eigenvalue weighted by Gasteiger charge is -2.14. The minimum atomic E-state index is -0.812. The summed E-state index contributed by atoms with van der Waals surface area (Å²) >= 11 is 0. The van der Waals surface area contributed by atoms with E-state index in [1.165, 1.54) is 6.07 Å². The van der Waals surface area contributed by atoms with Crippen molar-refractivity contribution in [1.82, 2.24) is 5.32 Å². The van der Waals surface area contributed by atoms with Crippen molar-refractivity contribution in [3.63, 3.8) is 0 Å². The fraction of sp³-hybridized carbons (Fsp3) is 0.400. The van der Waals surface area contributed by atoms with E-state index in [0.29, 0.717) is 0 Å². The summed E-state index contributed by atoms with van der Waals surface area (Å²) in [6.07, 6.45) is 0. The van der Waals surface area contributed by atoms with Gasteiger partial charge in [-0.3, -0.25) is 0 Å². The van der Waals surface area contributed by atoms with Gasteiger partial charge >= 0.3 is 0 Å². The highest BCUT2D eigenvalue weighted by molar-refractivity contribution is 5.25. The second-order valence-corrected chi connectivity index (χ2v) is 3.60. The highest BCUT2D eigenvalue weighted by Crippen LogP contribution is 2.22. The number of rotatable bonds is 1. The molecular formula is C10H12F2N2. The molecule has 0 bridgehead atoms. The number of hydrogen-bond acceptors (Lipinski definition) is 2. The zero-order valence-corrected chi connectivity index (χ0v) is 7.63. The molecule has 0 aliphatic carbocycles. The first-order valence-corrected chi connectivity index (χ1v) is 4.59. The van der Waals surface area contributed by atoms with Crippen molar-refractivity contribution >= 4 is 0 Å². The van der Waals surface area contributed by atoms with Crippen LogP contribution in [-0.4, -0.2) is 19.1 Å². The first kappa shape index (κ1) is 9.55. The van der Waals surface area contributed by atoms with Gasteiger partial charge in [-0.25, -0.2) is 8.78 Å². The van der Waals surface area contributed by atoms with Gasteiger partial charge in [0.05, 0.1) is 0 Å². The summed E-state index contributed by atoms with van der Waals surface area (Å²) in [6.45, 7) is 1.45. The summed E-state index contributed by atoms with van der Waals surface area (Å²) in [7, 11) is 0. The van der Waals surface area contributed by atoms with Crippen molar-refractivity contribution in [1.29, 1.82) is 0 Å². The maximum absolute atomic E-state index is 12.9. The minimum absolute atomic E-state index is 0.0140. The second kappa shape index (κ2) is 3.63. The Morgan fingerprint density at radius 3 is 2.57 bits per heavy atom. The predicted octanol–water partition coefficient (Wildman–Crippen LogP) is 0.979. The third-order valence-corrected chi connectivity index (χ3v) is 2.63. The van der Waals surface area contributed by atoms with E-state index in [1.807, 2.05) is 0 Å². The average Bonchev–Trinajstić information content (AvgIpc) is 2.57. The molecule has 0 amide bonds. The Bertz CT molecular complexity index is 341. The first-order valence-electron chi connectivity index (χ1n) is 4.59. The van der Waals surface area contributed by atoms with Gasteiger partial charge in [-0.15, -0.1) is 0 Å². The molecule has 2 nitrogen and oxygen atoms in total. The molecule has 0 saturated carbocycles. The van der Waals surface area contributed by atoms with E-state index in [2.05, 4.69) is 5.32 Å². The van der Waals surface area contributed by atoms with E-state index in [1.54, 1.807) is 6.07 Å². The van der Waals surface area contributed by atoms with Crippen molar-refractivity contribution in [3.05, 3.63) is 35.4 Å². The fourth-order valence-electron chi connectivity index (χ4n) is 1.81. The molecule has 0 spiro atoms. The van der Waals surface area contributed by atoms with Gasteiger partial charge in [0.25, 0.3) is 0 Å². The summed E-state index contributed by atoms with van der Waals surface area (Å²) in [5, 5.41) is 3.11. The Morgan fingerprint density at radius 1 is 1.21 bits per heavy atom. The third kappa shape index (κ3) is 1.63. The minimum Gasteiger partial charge on any atom is -0.326 e. The summed E-state index contributed by atoms with van der Waals surface area (Å²) in [6, 6.07) is 3.96. The zero-order chi connectivity index (χ0) is 10.1. The van der Waals surface area contributed by atoms with Crippen molar-refractivity contribution in [2.24, 2.45) is 5.73 Å². The maximum Gasteiger partial charge on any atom is 0.159 e. The smallest absolute Gasteiger partial charge is 0.159 e. The molecule has 2 atom stereocenters. The predicted molar refractivity (Wildman–Crippen MR) is 49.9 cm³/mol. The number of nitrogens with two attached hydrogens (primary N) is 1. The number of hydrogen-bond donors (Lipinski definition) is 2. The number of halogens is 2. The molecule has 0 unspecified atom stereocenters. The highest BCUT2D eigenvalue weighted by atomic mass is 19.2. The van der Waals surface area contributed by atoms with Crippen LogP contribution in [0.15, 0.2) is 18.2 Å². The molecule has 4 heteroatoms. The molecule has 1 saturated heterocycles. The molecule has 14 heavy (non-hydrogen) atoms. The van der Waals surface area contributed by atoms with Gasteiger partial charge in [0.1, 0.15) is 0 Å². The summed E-state index contributed by atoms with van der Waals surface area (Å²) in [4.78, 5) is 0. The molecule has 1 heterocycles. The van der Waals surface area contributed by atoms with Crippen LogP contribution in [0.25, 0.3) is 0 Å². The molecule has 0 radical (unpaired) electrons. The van der Waals surface area contributed by atoms with Crippen molar-refractivity contribution in [2.75, 3.05) is 13.1 Å². The van der Waals surface area contributed by atoms with E-state index in [4.69, 9.17) is 5.73 Å². The van der Waals surface area contributed by atoms with Gasteiger partial charge in [-0.05, 0) is 17.7 Å². The Balaban J connectivity index is 2.28. The first-order chi connectivity index (χ1) is 6.68. The molecule has 0 aromatic heterocycles. The lowest BCUT2D eigenvalue weighted by atomic mass is 9.95. The van der Waals surface area contributed by atoms with Crippen LogP contribution in [0.4, 0.5) is 8.78 Å². The summed E-state index contributed by atoms with van der Waals surface area (Å²) in [5.41, 5.74) is 6.59. The monoisotopic (exact) mass is 198 g/mol. The van der Waals surface area contributed by atoms with E-state index in [-0.39, 0.29) is 12.0 Å². The van der Waals surface area contributed by atoms with Crippen LogP contribution < -0.4 is 11.1 Å². The Hall–Kier alpha value is -1.00. The normalized spacial score (nSPS) is 26.8. The lowest BCUT2D eigenvalue weighted by Crippen LogP contribution is -2.27. The van der Waals surface area contributed by atoms with E-state index in [9.17, 15) is 8.78 Å². The number of benzene rings is 1. The molecule has 1 fully saturated rings. The van der Waals surface area contributed by atoms with Gasteiger partial charge < -0.3 is 11.1 Å². The van der Waals surface area contributed by atoms with Gasteiger partial charge in [-0.1, -0.05) is 6.07 Å². The molecule has 1 aromatic carbocycles. The van der Waals surface area contributed by atoms with Crippen LogP contribution in [0.3, 0.4) is 0 Å². The Kier molecular flexibility index (Phi) is 2.48. The van der Waals surface area contributed by atoms with Gasteiger partial charge in [-0.2, -0.15) is 0 Å². The molecular weight excluding hydrogens is 186 g/mol. The van der Waals surface area contributed by atoms with Crippen LogP contribution in [0.2, 0.25) is 0 Å². The van der Waals surface area contributed by atoms with Gasteiger partial charge in [0, 0.05) is 25.0 Å². The molecule has 3 N–H and O–H groups in total. The molecule has 1 aliphatic rings. The lowest BCUT2D eigenvalue weighted by molar-refractivity contribution is 0.504. The van der Waals surface area contributed by atoms with E-state index >= 15 is 0 Å². The van der Waals surface area contributed by atoms with Crippen molar-refractivity contribution in [3.8, 4) is 0 Å². The molecule has 1 aromatic rings. The van der Waals surface area contributed by atoms with Gasteiger partial charge in [0.15, 0.2) is 11.6 Å². The zero-order valence-electron chi connectivity index (χ0n) is 7.63. The van der Waals surface area contributed by atoms with E-state index in [0.717, 1.165) is 24.7 Å². The van der Waals surface area contributed by atoms with Crippen LogP contribution in [0.5, 0.6) is 0 Å². The second-order valence-electron chi connectivity index (χ2n) is 3.60. The Morgan fingerprint density at radius 2 is 2.00 bits per heavy atom. The fourth-order valence-corrected chi connectivity index (χ4v) is 1.81. The quantitative estimate of drug-likeness (QED) is 0.706. The molecule has 2 rings (SSSR count). The average molecular weight is 198 g/mol. The Labute approximate surface area is 81.1 Å². The SMILES string of the molecule is N[C@@H]1CNC[C@H]1c1ccc(F)c(F)c1.